The van der Waals surface area contributed by atoms with Gasteiger partial charge in [0, 0.05) is 18.8 Å². The second kappa shape index (κ2) is 4.72. The van der Waals surface area contributed by atoms with E-state index >= 15 is 0 Å². The molecule has 2 aromatic carbocycles. The molecular weight excluding hydrogens is 243 g/mol. The normalized spacial score (nSPS) is 19.4. The van der Waals surface area contributed by atoms with E-state index in [9.17, 15) is 4.57 Å². The minimum absolute atomic E-state index is 0.000648. The molecule has 0 saturated heterocycles. The molecular formula is C15H17O2P. The lowest BCUT2D eigenvalue weighted by molar-refractivity contribution is 0.166. The quantitative estimate of drug-likeness (QED) is 0.865. The van der Waals surface area contributed by atoms with Gasteiger partial charge >= 0.3 is 0 Å². The molecule has 0 radical (unpaired) electrons. The molecule has 0 atom stereocenters. The number of aliphatic hydroxyl groups is 1. The number of rotatable bonds is 4. The third-order valence-corrected chi connectivity index (χ3v) is 5.62. The molecule has 1 N–H and O–H groups in total. The predicted octanol–water partition coefficient (Wildman–Crippen LogP) is 2.73. The van der Waals surface area contributed by atoms with Crippen LogP contribution in [0.15, 0.2) is 60.7 Å². The van der Waals surface area contributed by atoms with Gasteiger partial charge < -0.3 is 9.67 Å². The van der Waals surface area contributed by atoms with Crippen molar-refractivity contribution in [2.45, 2.75) is 19.0 Å². The Balaban J connectivity index is 2.99. The van der Waals surface area contributed by atoms with Crippen LogP contribution < -0.4 is 10.6 Å². The first-order chi connectivity index (χ1) is 11.5. The van der Waals surface area contributed by atoms with Gasteiger partial charge in [-0.15, -0.1) is 0 Å². The van der Waals surface area contributed by atoms with E-state index in [1.165, 1.54) is 48.5 Å². The number of hydrogen-bond acceptors (Lipinski definition) is 2. The summed E-state index contributed by atoms with van der Waals surface area (Å²) in [5.74, 6) is 0. The van der Waals surface area contributed by atoms with E-state index in [0.717, 1.165) is 0 Å². The lowest BCUT2D eigenvalue weighted by atomic mass is 10.4. The van der Waals surface area contributed by atoms with Gasteiger partial charge in [-0.2, -0.15) is 0 Å². The fourth-order valence-electron chi connectivity index (χ4n) is 1.79. The molecule has 2 aromatic rings. The Kier molecular flexibility index (Phi) is 1.76. The van der Waals surface area contributed by atoms with Crippen LogP contribution in [0.1, 0.15) is 21.9 Å². The summed E-state index contributed by atoms with van der Waals surface area (Å²) in [6, 6.07) is 14.9. The molecule has 0 bridgehead atoms. The van der Waals surface area contributed by atoms with Crippen LogP contribution >= 0.6 is 7.14 Å². The van der Waals surface area contributed by atoms with Gasteiger partial charge in [0.2, 0.25) is 1.43 Å². The Labute approximate surface area is 118 Å². The van der Waals surface area contributed by atoms with Gasteiger partial charge in [0.05, 0.1) is 0 Å². The first-order valence-corrected chi connectivity index (χ1v) is 7.09. The van der Waals surface area contributed by atoms with Crippen molar-refractivity contribution in [1.29, 1.82) is 1.43 Å². The highest BCUT2D eigenvalue weighted by molar-refractivity contribution is 7.79. The number of benzene rings is 2. The molecule has 0 aliphatic rings. The van der Waals surface area contributed by atoms with Gasteiger partial charge in [0.15, 0.2) is 7.14 Å². The molecule has 2 nitrogen and oxygen atoms in total. The maximum Gasteiger partial charge on any atom is 0.212 e. The zero-order chi connectivity index (χ0) is 18.9. The second-order valence-corrected chi connectivity index (χ2v) is 6.81. The van der Waals surface area contributed by atoms with Crippen molar-refractivity contribution in [1.82, 2.24) is 0 Å². The van der Waals surface area contributed by atoms with E-state index in [-0.39, 0.29) is 10.6 Å². The monoisotopic (exact) mass is 267 g/mol. The van der Waals surface area contributed by atoms with E-state index in [1.807, 2.05) is 0 Å². The van der Waals surface area contributed by atoms with E-state index < -0.39 is 26.2 Å². The summed E-state index contributed by atoms with van der Waals surface area (Å²) in [4.78, 5) is 0. The molecule has 0 saturated carbocycles. The van der Waals surface area contributed by atoms with Crippen LogP contribution in [0.5, 0.6) is 0 Å². The van der Waals surface area contributed by atoms with E-state index in [0.29, 0.717) is 0 Å². The molecule has 0 spiro atoms. The van der Waals surface area contributed by atoms with Gasteiger partial charge in [-0.25, -0.2) is 0 Å². The average Bonchev–Trinajstić information content (AvgIpc) is 2.54. The fraction of sp³-hybridized carbons (Fsp3) is 0.200. The summed E-state index contributed by atoms with van der Waals surface area (Å²) in [6.45, 7) is -6.69. The summed E-state index contributed by atoms with van der Waals surface area (Å²) in [5, 5.41) is 1.21. The molecule has 18 heavy (non-hydrogen) atoms. The lowest BCUT2D eigenvalue weighted by Crippen LogP contribution is -2.32. The van der Waals surface area contributed by atoms with Crippen LogP contribution in [-0.2, 0) is 4.57 Å². The molecule has 94 valence electrons. The summed E-state index contributed by atoms with van der Waals surface area (Å²) in [7, 11) is -4.44. The lowest BCUT2D eigenvalue weighted by Gasteiger charge is -2.30. The van der Waals surface area contributed by atoms with E-state index in [2.05, 4.69) is 5.11 Å². The highest BCUT2D eigenvalue weighted by Crippen LogP contribution is 2.54. The molecule has 0 aliphatic carbocycles. The molecule has 3 heteroatoms. The van der Waals surface area contributed by atoms with Gasteiger partial charge in [0.25, 0.3) is 0 Å². The van der Waals surface area contributed by atoms with E-state index in [4.69, 9.17) is 9.66 Å². The fourth-order valence-corrected chi connectivity index (χ4v) is 4.00. The molecule has 0 aliphatic heterocycles. The highest BCUT2D eigenvalue weighted by atomic mass is 31.2. The Bertz CT molecular complexity index is 699. The predicted molar refractivity (Wildman–Crippen MR) is 76.1 cm³/mol. The van der Waals surface area contributed by atoms with Crippen LogP contribution in [0.3, 0.4) is 0 Å². The first-order valence-electron chi connectivity index (χ1n) is 8.79. The summed E-state index contributed by atoms with van der Waals surface area (Å²) < 4.78 is 68.4. The summed E-state index contributed by atoms with van der Waals surface area (Å²) in [5.41, 5.74) is 0. The van der Waals surface area contributed by atoms with Crippen LogP contribution in [0.25, 0.3) is 0 Å². The van der Waals surface area contributed by atoms with Crippen molar-refractivity contribution >= 4 is 17.8 Å². The van der Waals surface area contributed by atoms with Gasteiger partial charge in [-0.1, -0.05) is 60.7 Å². The zero-order valence-electron chi connectivity index (χ0n) is 16.5. The summed E-state index contributed by atoms with van der Waals surface area (Å²) in [6.07, 6.45) is 0. The van der Waals surface area contributed by atoms with Crippen molar-refractivity contribution in [3.63, 3.8) is 0 Å². The van der Waals surface area contributed by atoms with Crippen molar-refractivity contribution < 1.29 is 17.9 Å². The molecule has 0 unspecified atom stereocenters. The van der Waals surface area contributed by atoms with Gasteiger partial charge in [-0.05, 0) is 13.7 Å². The van der Waals surface area contributed by atoms with Crippen molar-refractivity contribution in [2.75, 3.05) is 0 Å². The second-order valence-electron chi connectivity index (χ2n) is 3.92. The Morgan fingerprint density at radius 1 is 1.00 bits per heavy atom. The number of hydrogen-bond donors (Lipinski definition) is 1. The first kappa shape index (κ1) is 6.70. The molecule has 0 aromatic heterocycles. The van der Waals surface area contributed by atoms with Crippen molar-refractivity contribution in [3.8, 4) is 0 Å². The van der Waals surface area contributed by atoms with Crippen molar-refractivity contribution in [2.24, 2.45) is 0 Å². The van der Waals surface area contributed by atoms with Crippen LogP contribution in [-0.4, -0.2) is 11.9 Å². The zero-order valence-corrected chi connectivity index (χ0v) is 10.4. The Morgan fingerprint density at radius 2 is 1.44 bits per heavy atom. The largest absolute Gasteiger partial charge is 0.382 e. The minimum atomic E-state index is -4.44. The third kappa shape index (κ3) is 2.14. The maximum absolute atomic E-state index is 14.2. The highest BCUT2D eigenvalue weighted by Gasteiger charge is 2.41. The molecule has 0 amide bonds. The molecule has 0 fully saturated rings. The Hall–Kier alpha value is -1.37. The van der Waals surface area contributed by atoms with Crippen LogP contribution in [0, 0.1) is 0 Å². The smallest absolute Gasteiger partial charge is 0.212 e. The SMILES string of the molecule is [2H]OC(C([2H])([2H])[2H])(C([2H])([2H])[2H])P(=O)(c1ccccc1)c1ccccc1. The summed E-state index contributed by atoms with van der Waals surface area (Å²) >= 11 is 0. The van der Waals surface area contributed by atoms with E-state index in [1.54, 1.807) is 12.1 Å². The van der Waals surface area contributed by atoms with Gasteiger partial charge in [-0.3, -0.25) is 0 Å². The Morgan fingerprint density at radius 3 is 1.78 bits per heavy atom. The standard InChI is InChI=1S/C15H17O2P/c1-15(2,16)18(17,13-9-5-3-6-10-13)14-11-7-4-8-12-14/h3-12,16H,1-2H3/i1D3,2D3,16D. The van der Waals surface area contributed by atoms with Gasteiger partial charge in [0.1, 0.15) is 5.34 Å². The molecule has 0 heterocycles. The van der Waals surface area contributed by atoms with Crippen LogP contribution in [0.2, 0.25) is 0 Å². The minimum Gasteiger partial charge on any atom is -0.382 e. The van der Waals surface area contributed by atoms with Crippen molar-refractivity contribution in [3.05, 3.63) is 60.7 Å². The van der Waals surface area contributed by atoms with Crippen LogP contribution in [0.4, 0.5) is 0 Å². The average molecular weight is 267 g/mol. The topological polar surface area (TPSA) is 37.3 Å². The third-order valence-electron chi connectivity index (χ3n) is 2.68. The maximum atomic E-state index is 14.2. The molecule has 2 rings (SSSR count).